The average molecular weight is 382 g/mol. The number of fused-ring (bicyclic) bond motifs is 1. The number of carboxylic acid groups (broad SMARTS) is 1. The summed E-state index contributed by atoms with van der Waals surface area (Å²) < 4.78 is 1.76. The van der Waals surface area contributed by atoms with Gasteiger partial charge in [0.05, 0.1) is 17.5 Å². The van der Waals surface area contributed by atoms with Crippen molar-refractivity contribution in [3.63, 3.8) is 0 Å². The van der Waals surface area contributed by atoms with Gasteiger partial charge in [0.1, 0.15) is 18.2 Å². The highest BCUT2D eigenvalue weighted by Crippen LogP contribution is 2.24. The zero-order valence-corrected chi connectivity index (χ0v) is 15.7. The molecule has 8 nitrogen and oxygen atoms in total. The second-order valence-electron chi connectivity index (χ2n) is 6.47. The third kappa shape index (κ3) is 3.72. The molecule has 1 atom stereocenters. The number of aliphatic hydroxyl groups is 1. The molecule has 146 valence electrons. The minimum atomic E-state index is -0.978. The number of nitrogens with zero attached hydrogens (tertiary/aromatic N) is 4. The SMILES string of the molecule is CCC(CC(=O)O)N(C(=O)c1ccc2c(c1)nc(CO)n2C)c1ccccn1. The largest absolute Gasteiger partial charge is 0.481 e. The fourth-order valence-electron chi connectivity index (χ4n) is 3.24. The van der Waals surface area contributed by atoms with Gasteiger partial charge in [-0.3, -0.25) is 14.5 Å². The van der Waals surface area contributed by atoms with E-state index in [9.17, 15) is 19.8 Å². The van der Waals surface area contributed by atoms with Gasteiger partial charge >= 0.3 is 5.97 Å². The van der Waals surface area contributed by atoms with Crippen LogP contribution in [0.15, 0.2) is 42.6 Å². The molecule has 28 heavy (non-hydrogen) atoms. The van der Waals surface area contributed by atoms with E-state index in [4.69, 9.17) is 0 Å². The molecular formula is C20H22N4O4. The Balaban J connectivity index is 2.05. The normalized spacial score (nSPS) is 12.1. The molecule has 1 aromatic carbocycles. The third-order valence-corrected chi connectivity index (χ3v) is 4.72. The minimum Gasteiger partial charge on any atom is -0.481 e. The van der Waals surface area contributed by atoms with Crippen molar-refractivity contribution < 1.29 is 19.8 Å². The van der Waals surface area contributed by atoms with Crippen molar-refractivity contribution in [1.29, 1.82) is 0 Å². The van der Waals surface area contributed by atoms with Crippen molar-refractivity contribution in [3.8, 4) is 0 Å². The van der Waals surface area contributed by atoms with E-state index in [0.29, 0.717) is 29.1 Å². The van der Waals surface area contributed by atoms with Crippen molar-refractivity contribution in [1.82, 2.24) is 14.5 Å². The molecule has 0 bridgehead atoms. The molecule has 2 N–H and O–H groups in total. The number of amides is 1. The Morgan fingerprint density at radius 1 is 1.25 bits per heavy atom. The molecule has 1 amide bonds. The molecule has 0 radical (unpaired) electrons. The second kappa shape index (κ2) is 8.18. The predicted octanol–water partition coefficient (Wildman–Crippen LogP) is 2.36. The van der Waals surface area contributed by atoms with E-state index in [1.807, 2.05) is 6.92 Å². The van der Waals surface area contributed by atoms with Gasteiger partial charge in [0, 0.05) is 24.8 Å². The molecule has 0 aliphatic rings. The molecule has 8 heteroatoms. The molecule has 0 saturated carbocycles. The van der Waals surface area contributed by atoms with E-state index in [1.54, 1.807) is 54.2 Å². The molecule has 0 spiro atoms. The fraction of sp³-hybridized carbons (Fsp3) is 0.300. The van der Waals surface area contributed by atoms with Crippen molar-refractivity contribution in [2.24, 2.45) is 7.05 Å². The lowest BCUT2D eigenvalue weighted by Crippen LogP contribution is -2.42. The van der Waals surface area contributed by atoms with Gasteiger partial charge in [-0.2, -0.15) is 0 Å². The summed E-state index contributed by atoms with van der Waals surface area (Å²) in [7, 11) is 1.79. The highest BCUT2D eigenvalue weighted by atomic mass is 16.4. The lowest BCUT2D eigenvalue weighted by Gasteiger charge is -2.29. The van der Waals surface area contributed by atoms with E-state index in [1.165, 1.54) is 4.90 Å². The van der Waals surface area contributed by atoms with Crippen LogP contribution in [0.5, 0.6) is 0 Å². The number of rotatable bonds is 7. The molecule has 0 saturated heterocycles. The summed E-state index contributed by atoms with van der Waals surface area (Å²) in [6.45, 7) is 1.64. The number of carbonyl (C=O) groups is 2. The number of benzene rings is 1. The standard InChI is InChI=1S/C20H22N4O4/c1-3-14(11-19(26)27)24(17-6-4-5-9-21-17)20(28)13-7-8-16-15(10-13)22-18(12-25)23(16)2/h4-10,14,25H,3,11-12H2,1-2H3,(H,26,27). The topological polar surface area (TPSA) is 109 Å². The third-order valence-electron chi connectivity index (χ3n) is 4.72. The zero-order chi connectivity index (χ0) is 20.3. The van der Waals surface area contributed by atoms with Crippen molar-refractivity contribution in [2.45, 2.75) is 32.4 Å². The van der Waals surface area contributed by atoms with Crippen LogP contribution in [0.2, 0.25) is 0 Å². The molecule has 3 aromatic rings. The number of imidazole rings is 1. The molecule has 2 aromatic heterocycles. The number of carboxylic acids is 1. The summed E-state index contributed by atoms with van der Waals surface area (Å²) in [6, 6.07) is 9.74. The van der Waals surface area contributed by atoms with Crippen LogP contribution < -0.4 is 4.90 Å². The molecule has 2 heterocycles. The molecule has 0 aliphatic heterocycles. The average Bonchev–Trinajstić information content (AvgIpc) is 3.03. The zero-order valence-electron chi connectivity index (χ0n) is 15.7. The second-order valence-corrected chi connectivity index (χ2v) is 6.47. The van der Waals surface area contributed by atoms with Gasteiger partial charge in [-0.1, -0.05) is 13.0 Å². The number of aliphatic hydroxyl groups excluding tert-OH is 1. The smallest absolute Gasteiger partial charge is 0.305 e. The summed E-state index contributed by atoms with van der Waals surface area (Å²) in [5.74, 6) is -0.422. The molecular weight excluding hydrogens is 360 g/mol. The summed E-state index contributed by atoms with van der Waals surface area (Å²) in [6.07, 6.45) is 1.85. The quantitative estimate of drug-likeness (QED) is 0.649. The summed E-state index contributed by atoms with van der Waals surface area (Å²) in [5.41, 5.74) is 1.76. The van der Waals surface area contributed by atoms with Gasteiger partial charge in [-0.15, -0.1) is 0 Å². The van der Waals surface area contributed by atoms with Crippen LogP contribution in [0.4, 0.5) is 5.82 Å². The first-order valence-corrected chi connectivity index (χ1v) is 8.98. The van der Waals surface area contributed by atoms with E-state index >= 15 is 0 Å². The highest BCUT2D eigenvalue weighted by Gasteiger charge is 2.28. The van der Waals surface area contributed by atoms with E-state index in [2.05, 4.69) is 9.97 Å². The first-order chi connectivity index (χ1) is 13.5. The number of pyridine rings is 1. The van der Waals surface area contributed by atoms with Gasteiger partial charge in [-0.05, 0) is 36.8 Å². The number of aromatic nitrogens is 3. The predicted molar refractivity (Wildman–Crippen MR) is 104 cm³/mol. The van der Waals surface area contributed by atoms with E-state index < -0.39 is 12.0 Å². The maximum Gasteiger partial charge on any atom is 0.305 e. The van der Waals surface area contributed by atoms with Gasteiger partial charge in [0.25, 0.3) is 5.91 Å². The first kappa shape index (κ1) is 19.5. The molecule has 1 unspecified atom stereocenters. The monoisotopic (exact) mass is 382 g/mol. The van der Waals surface area contributed by atoms with Crippen LogP contribution in [0, 0.1) is 0 Å². The number of anilines is 1. The number of hydrogen-bond donors (Lipinski definition) is 2. The Kier molecular flexibility index (Phi) is 5.70. The number of aryl methyl sites for hydroxylation is 1. The maximum absolute atomic E-state index is 13.3. The van der Waals surface area contributed by atoms with Gasteiger partial charge in [-0.25, -0.2) is 9.97 Å². The highest BCUT2D eigenvalue weighted by molar-refractivity contribution is 6.07. The van der Waals surface area contributed by atoms with E-state index in [-0.39, 0.29) is 18.9 Å². The number of hydrogen-bond acceptors (Lipinski definition) is 5. The fourth-order valence-corrected chi connectivity index (χ4v) is 3.24. The lowest BCUT2D eigenvalue weighted by atomic mass is 10.1. The molecule has 0 aliphatic carbocycles. The lowest BCUT2D eigenvalue weighted by molar-refractivity contribution is -0.137. The summed E-state index contributed by atoms with van der Waals surface area (Å²) >= 11 is 0. The van der Waals surface area contributed by atoms with Crippen LogP contribution in [-0.4, -0.2) is 42.7 Å². The van der Waals surface area contributed by atoms with Crippen molar-refractivity contribution in [2.75, 3.05) is 4.90 Å². The minimum absolute atomic E-state index is 0.181. The molecule has 3 rings (SSSR count). The Bertz CT molecular complexity index is 1000. The van der Waals surface area contributed by atoms with Gasteiger partial charge in [0.15, 0.2) is 0 Å². The van der Waals surface area contributed by atoms with E-state index in [0.717, 1.165) is 5.52 Å². The Hall–Kier alpha value is -3.26. The maximum atomic E-state index is 13.3. The summed E-state index contributed by atoms with van der Waals surface area (Å²) in [5, 5.41) is 18.7. The molecule has 0 fully saturated rings. The first-order valence-electron chi connectivity index (χ1n) is 8.98. The summed E-state index contributed by atoms with van der Waals surface area (Å²) in [4.78, 5) is 34.7. The van der Waals surface area contributed by atoms with Crippen LogP contribution in [0.1, 0.15) is 35.9 Å². The Morgan fingerprint density at radius 3 is 2.64 bits per heavy atom. The van der Waals surface area contributed by atoms with Crippen molar-refractivity contribution >= 4 is 28.7 Å². The van der Waals surface area contributed by atoms with Crippen LogP contribution >= 0.6 is 0 Å². The van der Waals surface area contributed by atoms with Crippen LogP contribution in [0.25, 0.3) is 11.0 Å². The van der Waals surface area contributed by atoms with Gasteiger partial charge in [0.2, 0.25) is 0 Å². The Morgan fingerprint density at radius 2 is 2.04 bits per heavy atom. The number of carbonyl (C=O) groups excluding carboxylic acids is 1. The van der Waals surface area contributed by atoms with Gasteiger partial charge < -0.3 is 14.8 Å². The van der Waals surface area contributed by atoms with Crippen LogP contribution in [-0.2, 0) is 18.4 Å². The number of aliphatic carboxylic acids is 1. The Labute approximate surface area is 162 Å². The van der Waals surface area contributed by atoms with Crippen molar-refractivity contribution in [3.05, 3.63) is 54.0 Å². The van der Waals surface area contributed by atoms with Crippen LogP contribution in [0.3, 0.4) is 0 Å².